The lowest BCUT2D eigenvalue weighted by Gasteiger charge is -2.61. The smallest absolute Gasteiger partial charge is 0.150 e. The standard InChI is InChI=1S/C28H45NO/c1-18(2)7-6-8-19(3)23-11-12-24-22-10-9-21-15-26(30)20(17-29)16-28(21,5)25(22)13-14-27(23,24)4/h18-25H,6-16H2,1-5H3/t19-,20?,21?,22+,23-,24+,25+,27-,28+/m1/s1. The second kappa shape index (κ2) is 8.26. The van der Waals surface area contributed by atoms with E-state index in [1.807, 2.05) is 0 Å². The van der Waals surface area contributed by atoms with Crippen LogP contribution in [0.2, 0.25) is 0 Å². The molecule has 0 radical (unpaired) electrons. The van der Waals surface area contributed by atoms with Gasteiger partial charge in [0.2, 0.25) is 0 Å². The number of hydrogen-bond acceptors (Lipinski definition) is 2. The fourth-order valence-electron chi connectivity index (χ4n) is 9.27. The largest absolute Gasteiger partial charge is 0.298 e. The summed E-state index contributed by atoms with van der Waals surface area (Å²) in [4.78, 5) is 12.4. The lowest BCUT2D eigenvalue weighted by Crippen LogP contribution is -2.55. The maximum atomic E-state index is 12.4. The number of fused-ring (bicyclic) bond motifs is 5. The third-order valence-electron chi connectivity index (χ3n) is 10.9. The van der Waals surface area contributed by atoms with E-state index in [1.54, 1.807) is 0 Å². The zero-order valence-corrected chi connectivity index (χ0v) is 20.3. The molecule has 0 saturated heterocycles. The van der Waals surface area contributed by atoms with Gasteiger partial charge in [0.05, 0.1) is 6.07 Å². The van der Waals surface area contributed by atoms with Gasteiger partial charge in [-0.25, -0.2) is 0 Å². The molecule has 0 aromatic carbocycles. The maximum Gasteiger partial charge on any atom is 0.150 e. The van der Waals surface area contributed by atoms with Crippen LogP contribution in [-0.2, 0) is 4.79 Å². The normalized spacial score (nSPS) is 46.6. The van der Waals surface area contributed by atoms with Crippen molar-refractivity contribution in [1.29, 1.82) is 5.26 Å². The molecule has 4 saturated carbocycles. The number of rotatable bonds is 5. The van der Waals surface area contributed by atoms with E-state index in [4.69, 9.17) is 0 Å². The average molecular weight is 412 g/mol. The van der Waals surface area contributed by atoms with Crippen molar-refractivity contribution in [3.05, 3.63) is 0 Å². The van der Waals surface area contributed by atoms with E-state index >= 15 is 0 Å². The quantitative estimate of drug-likeness (QED) is 0.472. The first-order valence-corrected chi connectivity index (χ1v) is 13.1. The van der Waals surface area contributed by atoms with Gasteiger partial charge in [0.1, 0.15) is 11.7 Å². The van der Waals surface area contributed by atoms with Crippen LogP contribution in [-0.4, -0.2) is 5.78 Å². The molecular formula is C28H45NO. The molecule has 0 aliphatic heterocycles. The van der Waals surface area contributed by atoms with Gasteiger partial charge >= 0.3 is 0 Å². The van der Waals surface area contributed by atoms with Crippen molar-refractivity contribution in [3.63, 3.8) is 0 Å². The molecular weight excluding hydrogens is 366 g/mol. The highest BCUT2D eigenvalue weighted by atomic mass is 16.1. The predicted octanol–water partition coefficient (Wildman–Crippen LogP) is 7.43. The van der Waals surface area contributed by atoms with Crippen LogP contribution >= 0.6 is 0 Å². The van der Waals surface area contributed by atoms with Gasteiger partial charge in [0, 0.05) is 6.42 Å². The minimum atomic E-state index is -0.337. The van der Waals surface area contributed by atoms with Crippen molar-refractivity contribution in [2.75, 3.05) is 0 Å². The molecule has 168 valence electrons. The number of carbonyl (C=O) groups is 1. The van der Waals surface area contributed by atoms with E-state index in [9.17, 15) is 10.1 Å². The Morgan fingerprint density at radius 2 is 1.73 bits per heavy atom. The van der Waals surface area contributed by atoms with Gasteiger partial charge in [-0.2, -0.15) is 5.26 Å². The van der Waals surface area contributed by atoms with Crippen molar-refractivity contribution in [2.45, 2.75) is 105 Å². The molecule has 2 nitrogen and oxygen atoms in total. The van der Waals surface area contributed by atoms with Gasteiger partial charge in [-0.05, 0) is 97.2 Å². The Bertz CT molecular complexity index is 691. The van der Waals surface area contributed by atoms with Gasteiger partial charge < -0.3 is 0 Å². The first kappa shape index (κ1) is 22.4. The topological polar surface area (TPSA) is 40.9 Å². The number of ketones is 1. The average Bonchev–Trinajstić information content (AvgIpc) is 3.05. The Balaban J connectivity index is 1.49. The van der Waals surface area contributed by atoms with Crippen LogP contribution in [0.5, 0.6) is 0 Å². The zero-order valence-electron chi connectivity index (χ0n) is 20.3. The van der Waals surface area contributed by atoms with Gasteiger partial charge in [-0.3, -0.25) is 4.79 Å². The minimum Gasteiger partial charge on any atom is -0.298 e. The molecule has 0 bridgehead atoms. The Morgan fingerprint density at radius 3 is 2.43 bits per heavy atom. The summed E-state index contributed by atoms with van der Waals surface area (Å²) in [6, 6.07) is 2.36. The van der Waals surface area contributed by atoms with Gasteiger partial charge in [0.15, 0.2) is 0 Å². The minimum absolute atomic E-state index is 0.222. The second-order valence-corrected chi connectivity index (χ2v) is 12.7. The van der Waals surface area contributed by atoms with E-state index < -0.39 is 0 Å². The van der Waals surface area contributed by atoms with E-state index in [-0.39, 0.29) is 17.1 Å². The van der Waals surface area contributed by atoms with Crippen molar-refractivity contribution < 1.29 is 4.79 Å². The zero-order chi connectivity index (χ0) is 21.7. The molecule has 9 atom stereocenters. The van der Waals surface area contributed by atoms with Gasteiger partial charge in [-0.1, -0.05) is 53.9 Å². The number of Topliss-reactive ketones (excluding diaryl/α,β-unsaturated/α-hetero) is 1. The van der Waals surface area contributed by atoms with E-state index in [2.05, 4.69) is 40.7 Å². The van der Waals surface area contributed by atoms with Crippen molar-refractivity contribution in [3.8, 4) is 6.07 Å². The first-order valence-electron chi connectivity index (χ1n) is 13.1. The summed E-state index contributed by atoms with van der Waals surface area (Å²) >= 11 is 0. The summed E-state index contributed by atoms with van der Waals surface area (Å²) in [5, 5.41) is 9.58. The molecule has 0 N–H and O–H groups in total. The van der Waals surface area contributed by atoms with Crippen LogP contribution < -0.4 is 0 Å². The Labute approximate surface area is 185 Å². The third-order valence-corrected chi connectivity index (χ3v) is 10.9. The molecule has 0 amide bonds. The summed E-state index contributed by atoms with van der Waals surface area (Å²) in [5.74, 6) is 5.48. The predicted molar refractivity (Wildman–Crippen MR) is 123 cm³/mol. The summed E-state index contributed by atoms with van der Waals surface area (Å²) < 4.78 is 0. The van der Waals surface area contributed by atoms with Crippen molar-refractivity contribution in [2.24, 2.45) is 58.2 Å². The second-order valence-electron chi connectivity index (χ2n) is 12.7. The van der Waals surface area contributed by atoms with Gasteiger partial charge in [-0.15, -0.1) is 0 Å². The molecule has 0 aromatic heterocycles. The first-order chi connectivity index (χ1) is 14.2. The van der Waals surface area contributed by atoms with E-state index in [1.165, 1.54) is 57.8 Å². The van der Waals surface area contributed by atoms with Gasteiger partial charge in [0.25, 0.3) is 0 Å². The molecule has 4 rings (SSSR count). The van der Waals surface area contributed by atoms with Crippen LogP contribution in [0.3, 0.4) is 0 Å². The molecule has 0 aromatic rings. The number of nitrogens with zero attached hydrogens (tertiary/aromatic N) is 1. The van der Waals surface area contributed by atoms with Crippen LogP contribution in [0.1, 0.15) is 105 Å². The molecule has 2 heteroatoms. The monoisotopic (exact) mass is 411 g/mol. The summed E-state index contributed by atoms with van der Waals surface area (Å²) in [6.07, 6.45) is 13.8. The molecule has 2 unspecified atom stereocenters. The highest BCUT2D eigenvalue weighted by Crippen LogP contribution is 2.68. The van der Waals surface area contributed by atoms with Crippen LogP contribution in [0.25, 0.3) is 0 Å². The Hall–Kier alpha value is -0.840. The molecule has 4 aliphatic carbocycles. The SMILES string of the molecule is CC(C)CCC[C@@H](C)[C@H]1CC[C@H]2[C@@H]3CCC4CC(=O)C(C#N)C[C@]4(C)[C@H]3CC[C@]12C. The van der Waals surface area contributed by atoms with Crippen LogP contribution in [0.4, 0.5) is 0 Å². The van der Waals surface area contributed by atoms with E-state index in [0.29, 0.717) is 17.8 Å². The van der Waals surface area contributed by atoms with Crippen molar-refractivity contribution >= 4 is 5.78 Å². The fourth-order valence-corrected chi connectivity index (χ4v) is 9.27. The third kappa shape index (κ3) is 3.57. The highest BCUT2D eigenvalue weighted by Gasteiger charge is 2.61. The number of hydrogen-bond donors (Lipinski definition) is 0. The number of nitriles is 1. The highest BCUT2D eigenvalue weighted by molar-refractivity contribution is 5.84. The lowest BCUT2D eigenvalue weighted by atomic mass is 9.43. The lowest BCUT2D eigenvalue weighted by molar-refractivity contribution is -0.145. The molecule has 0 heterocycles. The number of carbonyl (C=O) groups excluding carboxylic acids is 1. The molecule has 4 fully saturated rings. The molecule has 4 aliphatic rings. The molecule has 30 heavy (non-hydrogen) atoms. The van der Waals surface area contributed by atoms with Crippen LogP contribution in [0.15, 0.2) is 0 Å². The Morgan fingerprint density at radius 1 is 1.00 bits per heavy atom. The molecule has 0 spiro atoms. The van der Waals surface area contributed by atoms with E-state index in [0.717, 1.165) is 41.9 Å². The summed E-state index contributed by atoms with van der Waals surface area (Å²) in [5.41, 5.74) is 0.750. The summed E-state index contributed by atoms with van der Waals surface area (Å²) in [7, 11) is 0. The van der Waals surface area contributed by atoms with Crippen LogP contribution in [0, 0.1) is 69.5 Å². The summed E-state index contributed by atoms with van der Waals surface area (Å²) in [6.45, 7) is 12.4. The van der Waals surface area contributed by atoms with Crippen molar-refractivity contribution in [1.82, 2.24) is 0 Å². The fraction of sp³-hybridized carbons (Fsp3) is 0.929. The Kier molecular flexibility index (Phi) is 6.15. The maximum absolute atomic E-state index is 12.4.